The molecule has 1 atom stereocenters. The molecular formula is C35H50N2O5. The number of ether oxygens (including phenoxy) is 2. The lowest BCUT2D eigenvalue weighted by atomic mass is 9.82. The van der Waals surface area contributed by atoms with Gasteiger partial charge in [-0.05, 0) is 69.1 Å². The number of hydrogen-bond donors (Lipinski definition) is 1. The van der Waals surface area contributed by atoms with Crippen LogP contribution in [0.5, 0.6) is 5.75 Å². The van der Waals surface area contributed by atoms with Gasteiger partial charge in [-0.1, -0.05) is 68.8 Å². The molecule has 7 heteroatoms. The van der Waals surface area contributed by atoms with E-state index in [2.05, 4.69) is 39.0 Å². The maximum Gasteiger partial charge on any atom is 0.409 e. The van der Waals surface area contributed by atoms with Gasteiger partial charge in [-0.3, -0.25) is 4.79 Å². The van der Waals surface area contributed by atoms with Crippen LogP contribution in [0.4, 0.5) is 4.79 Å². The number of likely N-dealkylation sites (tertiary alicyclic amines) is 2. The molecule has 3 aliphatic rings. The molecule has 3 aliphatic heterocycles. The SMILES string of the molecule is CC(C)(C)COC(=O)N1CCC2(CCc3ccccc3O2)CC1.Cc1ccc(C(C)(C)C(=O)N2CCCC(O)C2)cc1. The molecule has 1 spiro atoms. The highest BCUT2D eigenvalue weighted by molar-refractivity contribution is 5.87. The van der Waals surface area contributed by atoms with Gasteiger partial charge in [0.2, 0.25) is 5.91 Å². The van der Waals surface area contributed by atoms with Gasteiger partial charge in [0, 0.05) is 39.0 Å². The molecule has 1 N–H and O–H groups in total. The summed E-state index contributed by atoms with van der Waals surface area (Å²) in [6, 6.07) is 16.4. The third-order valence-electron chi connectivity index (χ3n) is 8.70. The first-order valence-corrected chi connectivity index (χ1v) is 15.5. The minimum Gasteiger partial charge on any atom is -0.487 e. The number of fused-ring (bicyclic) bond motifs is 1. The van der Waals surface area contributed by atoms with E-state index in [1.807, 2.05) is 56.0 Å². The Labute approximate surface area is 252 Å². The summed E-state index contributed by atoms with van der Waals surface area (Å²) >= 11 is 0. The van der Waals surface area contributed by atoms with Crippen LogP contribution in [0, 0.1) is 12.3 Å². The Balaban J connectivity index is 0.000000197. The predicted molar refractivity (Wildman–Crippen MR) is 166 cm³/mol. The molecule has 7 nitrogen and oxygen atoms in total. The van der Waals surface area contributed by atoms with Crippen molar-refractivity contribution in [2.75, 3.05) is 32.8 Å². The van der Waals surface area contributed by atoms with Gasteiger partial charge in [0.05, 0.1) is 18.1 Å². The van der Waals surface area contributed by atoms with Crippen LogP contribution in [-0.2, 0) is 21.4 Å². The van der Waals surface area contributed by atoms with Crippen LogP contribution in [0.25, 0.3) is 0 Å². The molecule has 2 aromatic rings. The molecule has 0 aliphatic carbocycles. The Morgan fingerprint density at radius 2 is 1.62 bits per heavy atom. The molecule has 0 aromatic heterocycles. The van der Waals surface area contributed by atoms with E-state index in [9.17, 15) is 14.7 Å². The van der Waals surface area contributed by atoms with Gasteiger partial charge in [-0.25, -0.2) is 4.79 Å². The van der Waals surface area contributed by atoms with Crippen LogP contribution in [0.15, 0.2) is 48.5 Å². The van der Waals surface area contributed by atoms with Gasteiger partial charge in [0.15, 0.2) is 0 Å². The first-order valence-electron chi connectivity index (χ1n) is 15.5. The quantitative estimate of drug-likeness (QED) is 0.464. The number of carbonyl (C=O) groups is 2. The Kier molecular flexibility index (Phi) is 9.92. The summed E-state index contributed by atoms with van der Waals surface area (Å²) in [5.41, 5.74) is 2.89. The lowest BCUT2D eigenvalue weighted by Crippen LogP contribution is -2.51. The minimum atomic E-state index is -0.537. The Morgan fingerprint density at radius 3 is 2.26 bits per heavy atom. The first kappa shape index (κ1) is 31.9. The van der Waals surface area contributed by atoms with Crippen molar-refractivity contribution in [1.82, 2.24) is 9.80 Å². The number of carbonyl (C=O) groups excluding carboxylic acids is 2. The summed E-state index contributed by atoms with van der Waals surface area (Å²) in [7, 11) is 0. The highest BCUT2D eigenvalue weighted by Gasteiger charge is 2.41. The number of piperidine rings is 2. The zero-order valence-electron chi connectivity index (χ0n) is 26.4. The fourth-order valence-electron chi connectivity index (χ4n) is 5.90. The van der Waals surface area contributed by atoms with Crippen LogP contribution in [0.3, 0.4) is 0 Å². The molecular weight excluding hydrogens is 528 g/mol. The predicted octanol–water partition coefficient (Wildman–Crippen LogP) is 6.28. The summed E-state index contributed by atoms with van der Waals surface area (Å²) in [5.74, 6) is 1.12. The fraction of sp³-hybridized carbons (Fsp3) is 0.600. The smallest absolute Gasteiger partial charge is 0.409 e. The molecule has 42 heavy (non-hydrogen) atoms. The lowest BCUT2D eigenvalue weighted by molar-refractivity contribution is -0.139. The van der Waals surface area contributed by atoms with E-state index < -0.39 is 5.41 Å². The van der Waals surface area contributed by atoms with Crippen molar-refractivity contribution < 1.29 is 24.2 Å². The van der Waals surface area contributed by atoms with Crippen molar-refractivity contribution in [1.29, 1.82) is 0 Å². The van der Waals surface area contributed by atoms with Crippen molar-refractivity contribution in [3.63, 3.8) is 0 Å². The lowest BCUT2D eigenvalue weighted by Gasteiger charge is -2.44. The Hall–Kier alpha value is -3.06. The number of aryl methyl sites for hydroxylation is 2. The summed E-state index contributed by atoms with van der Waals surface area (Å²) in [5, 5.41) is 9.71. The minimum absolute atomic E-state index is 0.00284. The van der Waals surface area contributed by atoms with Crippen LogP contribution >= 0.6 is 0 Å². The number of nitrogens with zero attached hydrogens (tertiary/aromatic N) is 2. The van der Waals surface area contributed by atoms with Gasteiger partial charge in [0.1, 0.15) is 11.4 Å². The number of aliphatic hydroxyl groups is 1. The largest absolute Gasteiger partial charge is 0.487 e. The second-order valence-corrected chi connectivity index (χ2v) is 14.0. The van der Waals surface area contributed by atoms with E-state index in [0.29, 0.717) is 26.2 Å². The molecule has 2 fully saturated rings. The number of hydrogen-bond acceptors (Lipinski definition) is 5. The van der Waals surface area contributed by atoms with Crippen LogP contribution < -0.4 is 4.74 Å². The Bertz CT molecular complexity index is 1210. The van der Waals surface area contributed by atoms with Gasteiger partial charge in [-0.2, -0.15) is 0 Å². The van der Waals surface area contributed by atoms with E-state index in [1.165, 1.54) is 11.1 Å². The second-order valence-electron chi connectivity index (χ2n) is 14.0. The monoisotopic (exact) mass is 578 g/mol. The van der Waals surface area contributed by atoms with Crippen molar-refractivity contribution in [3.05, 3.63) is 65.2 Å². The standard InChI is InChI=1S/C19H27NO3.C16H23NO2/c1-18(2,3)14-22-17(21)20-12-10-19(11-13-20)9-8-15-6-4-5-7-16(15)23-19;1-12-6-8-13(9-7-12)16(2,3)15(19)17-10-4-5-14(18)11-17/h4-7H,8-14H2,1-3H3;6-9,14,18H,4-5,10-11H2,1-3H3. The number of amides is 2. The topological polar surface area (TPSA) is 79.3 Å². The van der Waals surface area contributed by atoms with Crippen molar-refractivity contribution in [3.8, 4) is 5.75 Å². The van der Waals surface area contributed by atoms with Crippen LogP contribution in [0.1, 0.15) is 83.4 Å². The molecule has 5 rings (SSSR count). The van der Waals surface area contributed by atoms with Gasteiger partial charge in [0.25, 0.3) is 0 Å². The average Bonchev–Trinajstić information content (AvgIpc) is 2.96. The summed E-state index contributed by atoms with van der Waals surface area (Å²) in [6.45, 7) is 15.3. The normalized spacial score (nSPS) is 20.1. The maximum absolute atomic E-state index is 12.7. The number of aliphatic hydroxyl groups excluding tert-OH is 1. The molecule has 1 unspecified atom stereocenters. The van der Waals surface area contributed by atoms with Gasteiger partial charge >= 0.3 is 6.09 Å². The zero-order chi connectivity index (χ0) is 30.5. The van der Waals surface area contributed by atoms with Crippen molar-refractivity contribution >= 4 is 12.0 Å². The molecule has 0 bridgehead atoms. The third-order valence-corrected chi connectivity index (χ3v) is 8.70. The molecule has 2 aromatic carbocycles. The molecule has 3 heterocycles. The van der Waals surface area contributed by atoms with E-state index in [4.69, 9.17) is 9.47 Å². The average molecular weight is 579 g/mol. The Morgan fingerprint density at radius 1 is 0.952 bits per heavy atom. The molecule has 0 radical (unpaired) electrons. The summed E-state index contributed by atoms with van der Waals surface area (Å²) in [6.07, 6.45) is 4.99. The maximum atomic E-state index is 12.7. The zero-order valence-corrected chi connectivity index (χ0v) is 26.4. The molecule has 2 amide bonds. The van der Waals surface area contributed by atoms with Gasteiger partial charge < -0.3 is 24.4 Å². The van der Waals surface area contributed by atoms with Gasteiger partial charge in [-0.15, -0.1) is 0 Å². The highest BCUT2D eigenvalue weighted by Crippen LogP contribution is 2.39. The fourth-order valence-corrected chi connectivity index (χ4v) is 5.90. The number of β-amino-alcohol motifs (C(OH)–C–C–N with tert-alkyl or cyclic N) is 1. The number of rotatable bonds is 3. The van der Waals surface area contributed by atoms with Crippen LogP contribution in [-0.4, -0.2) is 71.4 Å². The van der Waals surface area contributed by atoms with Crippen molar-refractivity contribution in [2.24, 2.45) is 5.41 Å². The van der Waals surface area contributed by atoms with E-state index in [1.54, 1.807) is 4.90 Å². The van der Waals surface area contributed by atoms with Crippen molar-refractivity contribution in [2.45, 2.75) is 97.2 Å². The first-order chi connectivity index (χ1) is 19.8. The molecule has 2 saturated heterocycles. The van der Waals surface area contributed by atoms with Crippen LogP contribution in [0.2, 0.25) is 0 Å². The van der Waals surface area contributed by atoms with E-state index >= 15 is 0 Å². The number of para-hydroxylation sites is 1. The molecule has 230 valence electrons. The second kappa shape index (κ2) is 13.1. The van der Waals surface area contributed by atoms with E-state index in [0.717, 1.165) is 56.4 Å². The third kappa shape index (κ3) is 8.06. The summed E-state index contributed by atoms with van der Waals surface area (Å²) < 4.78 is 11.7. The molecule has 0 saturated carbocycles. The van der Waals surface area contributed by atoms with E-state index in [-0.39, 0.29) is 29.1 Å². The summed E-state index contributed by atoms with van der Waals surface area (Å²) in [4.78, 5) is 28.5. The highest BCUT2D eigenvalue weighted by atomic mass is 16.6. The number of benzene rings is 2.